The van der Waals surface area contributed by atoms with Gasteiger partial charge < -0.3 is 15.4 Å². The number of pyridine rings is 1. The molecule has 2 N–H and O–H groups in total. The number of aromatic nitrogens is 1. The number of rotatable bonds is 10. The van der Waals surface area contributed by atoms with Crippen LogP contribution < -0.4 is 15.4 Å². The number of benzene rings is 1. The molecule has 0 aliphatic heterocycles. The Balaban J connectivity index is 1.66. The smallest absolute Gasteiger partial charge is 0.252 e. The highest BCUT2D eigenvalue weighted by Crippen LogP contribution is 2.13. The zero-order chi connectivity index (χ0) is 17.0. The number of hydrogen-bond acceptors (Lipinski definition) is 4. The lowest BCUT2D eigenvalue weighted by atomic mass is 10.2. The lowest BCUT2D eigenvalue weighted by molar-refractivity contribution is 0.0951. The van der Waals surface area contributed by atoms with E-state index in [-0.39, 0.29) is 5.91 Å². The molecule has 0 fully saturated rings. The molecule has 0 aliphatic rings. The van der Waals surface area contributed by atoms with Crippen molar-refractivity contribution in [1.82, 2.24) is 15.6 Å². The van der Waals surface area contributed by atoms with Gasteiger partial charge in [-0.15, -0.1) is 6.58 Å². The molecule has 126 valence electrons. The van der Waals surface area contributed by atoms with Crippen molar-refractivity contribution >= 4 is 5.91 Å². The normalized spacial score (nSPS) is 10.2. The summed E-state index contributed by atoms with van der Waals surface area (Å²) in [4.78, 5) is 15.8. The number of carbonyl (C=O) groups excluding carboxylic acids is 1. The Bertz CT molecular complexity index is 644. The van der Waals surface area contributed by atoms with Crippen LogP contribution in [-0.2, 0) is 6.54 Å². The van der Waals surface area contributed by atoms with E-state index in [1.807, 2.05) is 24.3 Å². The predicted molar refractivity (Wildman–Crippen MR) is 95.0 cm³/mol. The molecule has 0 saturated heterocycles. The maximum Gasteiger partial charge on any atom is 0.252 e. The molecule has 0 spiro atoms. The molecule has 0 aliphatic carbocycles. The van der Waals surface area contributed by atoms with Gasteiger partial charge in [-0.05, 0) is 36.2 Å². The Morgan fingerprint density at radius 3 is 3.00 bits per heavy atom. The van der Waals surface area contributed by atoms with Crippen LogP contribution in [0.15, 0.2) is 61.4 Å². The molecular weight excluding hydrogens is 302 g/mol. The molecule has 0 atom stereocenters. The van der Waals surface area contributed by atoms with Crippen LogP contribution in [0, 0.1) is 0 Å². The summed E-state index contributed by atoms with van der Waals surface area (Å²) in [6, 6.07) is 11.5. The highest BCUT2D eigenvalue weighted by atomic mass is 16.5. The van der Waals surface area contributed by atoms with Crippen molar-refractivity contribution in [3.8, 4) is 5.75 Å². The van der Waals surface area contributed by atoms with E-state index in [9.17, 15) is 4.79 Å². The first-order valence-electron chi connectivity index (χ1n) is 8.01. The summed E-state index contributed by atoms with van der Waals surface area (Å²) in [5, 5.41) is 6.11. The molecule has 0 radical (unpaired) electrons. The number of nitrogens with one attached hydrogen (secondary N) is 2. The van der Waals surface area contributed by atoms with E-state index in [0.717, 1.165) is 25.3 Å². The second-order valence-corrected chi connectivity index (χ2v) is 5.27. The summed E-state index contributed by atoms with van der Waals surface area (Å²) >= 11 is 0. The third-order valence-corrected chi connectivity index (χ3v) is 3.32. The number of amides is 1. The van der Waals surface area contributed by atoms with E-state index < -0.39 is 0 Å². The zero-order valence-corrected chi connectivity index (χ0v) is 13.7. The van der Waals surface area contributed by atoms with Crippen LogP contribution in [0.4, 0.5) is 0 Å². The summed E-state index contributed by atoms with van der Waals surface area (Å²) in [7, 11) is 0. The summed E-state index contributed by atoms with van der Waals surface area (Å²) in [6.45, 7) is 6.36. The van der Waals surface area contributed by atoms with Gasteiger partial charge in [-0.1, -0.05) is 18.2 Å². The summed E-state index contributed by atoms with van der Waals surface area (Å²) in [5.74, 6) is 0.727. The number of nitrogens with zero attached hydrogens (tertiary/aromatic N) is 1. The third kappa shape index (κ3) is 6.22. The first kappa shape index (κ1) is 17.7. The average molecular weight is 325 g/mol. The molecule has 1 heterocycles. The standard InChI is InChI=1S/C19H23N3O2/c1-2-9-20-14-16-6-3-8-18(13-16)24-12-5-11-22-19(23)17-7-4-10-21-15-17/h2-4,6-8,10,13,15,20H,1,5,9,11-12,14H2,(H,22,23). The van der Waals surface area contributed by atoms with Gasteiger partial charge in [0.25, 0.3) is 5.91 Å². The summed E-state index contributed by atoms with van der Waals surface area (Å²) in [6.07, 6.45) is 5.77. The van der Waals surface area contributed by atoms with E-state index >= 15 is 0 Å². The Morgan fingerprint density at radius 2 is 2.21 bits per heavy atom. The van der Waals surface area contributed by atoms with Crippen LogP contribution in [0.3, 0.4) is 0 Å². The summed E-state index contributed by atoms with van der Waals surface area (Å²) in [5.41, 5.74) is 1.73. The number of ether oxygens (including phenoxy) is 1. The van der Waals surface area contributed by atoms with Gasteiger partial charge in [0.15, 0.2) is 0 Å². The summed E-state index contributed by atoms with van der Waals surface area (Å²) < 4.78 is 5.73. The molecule has 1 aromatic carbocycles. The average Bonchev–Trinajstić information content (AvgIpc) is 2.62. The van der Waals surface area contributed by atoms with E-state index in [1.54, 1.807) is 24.5 Å². The Hall–Kier alpha value is -2.66. The van der Waals surface area contributed by atoms with Crippen LogP contribution in [0.25, 0.3) is 0 Å². The van der Waals surface area contributed by atoms with Gasteiger partial charge in [-0.2, -0.15) is 0 Å². The highest BCUT2D eigenvalue weighted by molar-refractivity contribution is 5.93. The van der Waals surface area contributed by atoms with Crippen molar-refractivity contribution in [2.75, 3.05) is 19.7 Å². The zero-order valence-electron chi connectivity index (χ0n) is 13.7. The monoisotopic (exact) mass is 325 g/mol. The van der Waals surface area contributed by atoms with Gasteiger partial charge in [0, 0.05) is 32.0 Å². The Kier molecular flexibility index (Phi) is 7.50. The Labute approximate surface area is 142 Å². The maximum atomic E-state index is 11.8. The second-order valence-electron chi connectivity index (χ2n) is 5.27. The van der Waals surface area contributed by atoms with Crippen LogP contribution in [0.1, 0.15) is 22.3 Å². The largest absolute Gasteiger partial charge is 0.494 e. The predicted octanol–water partition coefficient (Wildman–Crippen LogP) is 2.56. The fraction of sp³-hybridized carbons (Fsp3) is 0.263. The number of hydrogen-bond donors (Lipinski definition) is 2. The van der Waals surface area contributed by atoms with Crippen LogP contribution in [0.5, 0.6) is 5.75 Å². The van der Waals surface area contributed by atoms with Crippen molar-refractivity contribution < 1.29 is 9.53 Å². The van der Waals surface area contributed by atoms with Crippen molar-refractivity contribution in [2.45, 2.75) is 13.0 Å². The van der Waals surface area contributed by atoms with Crippen LogP contribution in [0.2, 0.25) is 0 Å². The highest BCUT2D eigenvalue weighted by Gasteiger charge is 2.03. The first-order chi connectivity index (χ1) is 11.8. The molecule has 5 nitrogen and oxygen atoms in total. The minimum atomic E-state index is -0.113. The molecule has 0 unspecified atom stereocenters. The molecule has 1 aromatic heterocycles. The van der Waals surface area contributed by atoms with Gasteiger partial charge in [0.2, 0.25) is 0 Å². The van der Waals surface area contributed by atoms with E-state index in [1.165, 1.54) is 5.56 Å². The minimum absolute atomic E-state index is 0.113. The lowest BCUT2D eigenvalue weighted by Crippen LogP contribution is -2.25. The lowest BCUT2D eigenvalue weighted by Gasteiger charge is -2.09. The molecule has 24 heavy (non-hydrogen) atoms. The van der Waals surface area contributed by atoms with Gasteiger partial charge in [0.05, 0.1) is 12.2 Å². The van der Waals surface area contributed by atoms with E-state index in [0.29, 0.717) is 18.7 Å². The van der Waals surface area contributed by atoms with Gasteiger partial charge in [0.1, 0.15) is 5.75 Å². The molecule has 2 rings (SSSR count). The van der Waals surface area contributed by atoms with Gasteiger partial charge in [-0.3, -0.25) is 9.78 Å². The van der Waals surface area contributed by atoms with Crippen molar-refractivity contribution in [3.63, 3.8) is 0 Å². The van der Waals surface area contributed by atoms with Gasteiger partial charge >= 0.3 is 0 Å². The van der Waals surface area contributed by atoms with Crippen LogP contribution >= 0.6 is 0 Å². The molecule has 1 amide bonds. The second kappa shape index (κ2) is 10.2. The fourth-order valence-electron chi connectivity index (χ4n) is 2.13. The Morgan fingerprint density at radius 1 is 1.29 bits per heavy atom. The SMILES string of the molecule is C=CCNCc1cccc(OCCCNC(=O)c2cccnc2)c1. The van der Waals surface area contributed by atoms with Gasteiger partial charge in [-0.25, -0.2) is 0 Å². The topological polar surface area (TPSA) is 63.2 Å². The minimum Gasteiger partial charge on any atom is -0.494 e. The van der Waals surface area contributed by atoms with Crippen molar-refractivity contribution in [3.05, 3.63) is 72.6 Å². The van der Waals surface area contributed by atoms with E-state index in [2.05, 4.69) is 28.3 Å². The van der Waals surface area contributed by atoms with Crippen molar-refractivity contribution in [2.24, 2.45) is 0 Å². The quantitative estimate of drug-likeness (QED) is 0.520. The molecule has 5 heteroatoms. The third-order valence-electron chi connectivity index (χ3n) is 3.32. The molecule has 0 saturated carbocycles. The number of carbonyl (C=O) groups is 1. The van der Waals surface area contributed by atoms with E-state index in [4.69, 9.17) is 4.74 Å². The maximum absolute atomic E-state index is 11.8. The molecular formula is C19H23N3O2. The molecule has 0 bridgehead atoms. The van der Waals surface area contributed by atoms with Crippen LogP contribution in [-0.4, -0.2) is 30.6 Å². The fourth-order valence-corrected chi connectivity index (χ4v) is 2.13. The van der Waals surface area contributed by atoms with Crippen molar-refractivity contribution in [1.29, 1.82) is 0 Å². The first-order valence-corrected chi connectivity index (χ1v) is 8.01. The molecule has 2 aromatic rings.